The van der Waals surface area contributed by atoms with Crippen LogP contribution < -0.4 is 5.32 Å². The Morgan fingerprint density at radius 3 is 2.68 bits per heavy atom. The fraction of sp³-hybridized carbons (Fsp3) is 0.333. The van der Waals surface area contributed by atoms with Gasteiger partial charge in [0.1, 0.15) is 18.1 Å². The molecule has 1 fully saturated rings. The molecule has 0 radical (unpaired) electrons. The minimum atomic E-state index is -1.74. The van der Waals surface area contributed by atoms with Crippen LogP contribution in [0.15, 0.2) is 41.2 Å². The number of carbonyl (C=O) groups excluding carboxylic acids is 1. The summed E-state index contributed by atoms with van der Waals surface area (Å²) in [5.74, 6) is 0.758. The van der Waals surface area contributed by atoms with E-state index in [1.165, 1.54) is 6.20 Å². The molecular formula is C21H21ClFN5O3. The number of rotatable bonds is 4. The van der Waals surface area contributed by atoms with Crippen molar-refractivity contribution in [2.24, 2.45) is 0 Å². The second-order valence-electron chi connectivity index (χ2n) is 7.49. The second kappa shape index (κ2) is 8.60. The molecule has 0 unspecified atom stereocenters. The van der Waals surface area contributed by atoms with Gasteiger partial charge in [-0.1, -0.05) is 22.8 Å². The molecule has 2 N–H and O–H groups in total. The van der Waals surface area contributed by atoms with E-state index in [-0.39, 0.29) is 49.3 Å². The van der Waals surface area contributed by atoms with E-state index in [1.807, 2.05) is 13.0 Å². The molecule has 1 aliphatic rings. The van der Waals surface area contributed by atoms with Gasteiger partial charge in [-0.15, -0.1) is 0 Å². The number of aryl methyl sites for hydroxylation is 1. The van der Waals surface area contributed by atoms with Crippen molar-refractivity contribution in [1.82, 2.24) is 20.0 Å². The predicted octanol–water partition coefficient (Wildman–Crippen LogP) is 4.08. The van der Waals surface area contributed by atoms with Crippen molar-refractivity contribution < 1.29 is 18.8 Å². The minimum Gasteiger partial charge on any atom is -0.388 e. The Labute approximate surface area is 183 Å². The molecule has 0 bridgehead atoms. The van der Waals surface area contributed by atoms with Crippen molar-refractivity contribution in [2.75, 3.05) is 18.4 Å². The number of anilines is 1. The Morgan fingerprint density at radius 1 is 1.29 bits per heavy atom. The normalized spacial score (nSPS) is 15.7. The van der Waals surface area contributed by atoms with Gasteiger partial charge in [-0.2, -0.15) is 0 Å². The average Bonchev–Trinajstić information content (AvgIpc) is 3.25. The summed E-state index contributed by atoms with van der Waals surface area (Å²) in [5.41, 5.74) is 0.404. The fourth-order valence-corrected chi connectivity index (χ4v) is 3.80. The molecule has 0 spiro atoms. The molecule has 1 saturated heterocycles. The second-order valence-corrected chi connectivity index (χ2v) is 7.90. The molecule has 1 aliphatic heterocycles. The van der Waals surface area contributed by atoms with E-state index in [9.17, 15) is 4.79 Å². The van der Waals surface area contributed by atoms with Gasteiger partial charge in [0.05, 0.1) is 10.7 Å². The number of halogens is 2. The number of hydrogen-bond acceptors (Lipinski definition) is 6. The minimum absolute atomic E-state index is 0.0758. The third-order valence-electron chi connectivity index (χ3n) is 5.27. The van der Waals surface area contributed by atoms with Crippen LogP contribution in [0.25, 0.3) is 11.3 Å². The highest BCUT2D eigenvalue weighted by Crippen LogP contribution is 2.40. The van der Waals surface area contributed by atoms with Crippen molar-refractivity contribution in [2.45, 2.75) is 32.0 Å². The summed E-state index contributed by atoms with van der Waals surface area (Å²) in [6, 6.07) is 6.40. The number of urea groups is 1. The van der Waals surface area contributed by atoms with Crippen LogP contribution in [0.2, 0.25) is 5.02 Å². The molecule has 0 aliphatic carbocycles. The van der Waals surface area contributed by atoms with E-state index in [2.05, 4.69) is 20.4 Å². The predicted molar refractivity (Wildman–Crippen MR) is 112 cm³/mol. The Balaban J connectivity index is 1.42. The van der Waals surface area contributed by atoms with Crippen LogP contribution in [0.3, 0.4) is 0 Å². The fourth-order valence-electron chi connectivity index (χ4n) is 3.46. The molecule has 3 aromatic rings. The Bertz CT molecular complexity index is 1080. The maximum absolute atomic E-state index is 15.7. The molecule has 31 heavy (non-hydrogen) atoms. The van der Waals surface area contributed by atoms with Crippen molar-refractivity contribution in [3.05, 3.63) is 58.7 Å². The first-order valence-electron chi connectivity index (χ1n) is 9.78. The zero-order valence-electron chi connectivity index (χ0n) is 16.8. The average molecular weight is 446 g/mol. The Morgan fingerprint density at radius 2 is 2.06 bits per heavy atom. The van der Waals surface area contributed by atoms with Gasteiger partial charge in [0.25, 0.3) is 0 Å². The van der Waals surface area contributed by atoms with Crippen molar-refractivity contribution in [1.29, 1.82) is 0 Å². The van der Waals surface area contributed by atoms with Crippen molar-refractivity contribution in [3.8, 4) is 11.3 Å². The third-order valence-corrected chi connectivity index (χ3v) is 5.55. The van der Waals surface area contributed by atoms with Crippen LogP contribution in [0, 0.1) is 6.92 Å². The van der Waals surface area contributed by atoms with Crippen LogP contribution in [0.4, 0.5) is 15.0 Å². The summed E-state index contributed by atoms with van der Waals surface area (Å²) >= 11 is 6.35. The van der Waals surface area contributed by atoms with Crippen LogP contribution in [0.1, 0.15) is 29.9 Å². The smallest absolute Gasteiger partial charge is 0.323 e. The number of aliphatic hydroxyl groups is 1. The molecule has 162 valence electrons. The summed E-state index contributed by atoms with van der Waals surface area (Å²) in [6.45, 7) is 2.08. The molecule has 10 heteroatoms. The number of aromatic nitrogens is 3. The highest BCUT2D eigenvalue weighted by atomic mass is 35.5. The number of amides is 2. The van der Waals surface area contributed by atoms with Gasteiger partial charge in [0, 0.05) is 50.0 Å². The lowest BCUT2D eigenvalue weighted by molar-refractivity contribution is 0.0684. The number of alkyl halides is 1. The maximum atomic E-state index is 15.7. The summed E-state index contributed by atoms with van der Waals surface area (Å²) in [5, 5.41) is 15.8. The van der Waals surface area contributed by atoms with E-state index in [4.69, 9.17) is 21.2 Å². The quantitative estimate of drug-likeness (QED) is 0.627. The first-order chi connectivity index (χ1) is 14.9. The van der Waals surface area contributed by atoms with Crippen LogP contribution in [-0.4, -0.2) is 44.3 Å². The van der Waals surface area contributed by atoms with Gasteiger partial charge in [0.2, 0.25) is 0 Å². The number of nitrogens with zero attached hydrogens (tertiary/aromatic N) is 4. The van der Waals surface area contributed by atoms with Gasteiger partial charge in [-0.25, -0.2) is 14.2 Å². The third kappa shape index (κ3) is 4.52. The molecular weight excluding hydrogens is 425 g/mol. The number of nitrogens with one attached hydrogen (secondary N) is 1. The summed E-state index contributed by atoms with van der Waals surface area (Å²) in [7, 11) is 0. The molecule has 3 aromatic heterocycles. The molecule has 8 nitrogen and oxygen atoms in total. The van der Waals surface area contributed by atoms with Gasteiger partial charge >= 0.3 is 6.03 Å². The Hall–Kier alpha value is -3.04. The van der Waals surface area contributed by atoms with Gasteiger partial charge in [-0.3, -0.25) is 10.3 Å². The monoisotopic (exact) mass is 445 g/mol. The summed E-state index contributed by atoms with van der Waals surface area (Å²) in [4.78, 5) is 22.4. The lowest BCUT2D eigenvalue weighted by Gasteiger charge is -2.36. The number of piperidine rings is 1. The molecule has 0 aromatic carbocycles. The Kier molecular flexibility index (Phi) is 5.88. The van der Waals surface area contributed by atoms with E-state index >= 15 is 4.39 Å². The lowest BCUT2D eigenvalue weighted by Crippen LogP contribution is -2.45. The summed E-state index contributed by atoms with van der Waals surface area (Å²) < 4.78 is 20.6. The van der Waals surface area contributed by atoms with E-state index in [0.717, 1.165) is 5.56 Å². The summed E-state index contributed by atoms with van der Waals surface area (Å²) in [6.07, 6.45) is 3.29. The highest BCUT2D eigenvalue weighted by Gasteiger charge is 2.40. The zero-order chi connectivity index (χ0) is 22.0. The topological polar surface area (TPSA) is 104 Å². The van der Waals surface area contributed by atoms with Crippen LogP contribution in [0.5, 0.6) is 0 Å². The standard InChI is InChI=1S/C21H21ClFN5O3/c1-13-2-3-18(24-10-13)26-20(30)28-6-4-21(23,5-7-28)19-16(22)8-14(11-25-19)17-9-15(12-29)31-27-17/h2-3,8-11,29H,4-7,12H2,1H3,(H,24,26,30). The number of carbonyl (C=O) groups is 1. The number of pyridine rings is 2. The van der Waals surface area contributed by atoms with Crippen LogP contribution in [-0.2, 0) is 12.3 Å². The number of hydrogen-bond donors (Lipinski definition) is 2. The lowest BCUT2D eigenvalue weighted by atomic mass is 9.89. The van der Waals surface area contributed by atoms with Crippen molar-refractivity contribution >= 4 is 23.4 Å². The van der Waals surface area contributed by atoms with E-state index in [1.54, 1.807) is 29.3 Å². The molecule has 4 rings (SSSR count). The maximum Gasteiger partial charge on any atom is 0.323 e. The number of aliphatic hydroxyl groups excluding tert-OH is 1. The molecule has 4 heterocycles. The zero-order valence-corrected chi connectivity index (χ0v) is 17.6. The first kappa shape index (κ1) is 21.2. The van der Waals surface area contributed by atoms with Crippen molar-refractivity contribution in [3.63, 3.8) is 0 Å². The van der Waals surface area contributed by atoms with Gasteiger partial charge in [0.15, 0.2) is 11.4 Å². The SMILES string of the molecule is Cc1ccc(NC(=O)N2CCC(F)(c3ncc(-c4cc(CO)on4)cc3Cl)CC2)nc1. The number of likely N-dealkylation sites (tertiary alicyclic amines) is 1. The van der Waals surface area contributed by atoms with E-state index in [0.29, 0.717) is 22.8 Å². The van der Waals surface area contributed by atoms with E-state index < -0.39 is 5.67 Å². The largest absolute Gasteiger partial charge is 0.388 e. The van der Waals surface area contributed by atoms with Gasteiger partial charge in [-0.05, 0) is 24.6 Å². The molecule has 2 amide bonds. The molecule has 0 saturated carbocycles. The first-order valence-corrected chi connectivity index (χ1v) is 10.2. The highest BCUT2D eigenvalue weighted by molar-refractivity contribution is 6.31. The van der Waals surface area contributed by atoms with Gasteiger partial charge < -0.3 is 14.5 Å². The molecule has 0 atom stereocenters. The van der Waals surface area contributed by atoms with Crippen LogP contribution >= 0.6 is 11.6 Å².